The van der Waals surface area contributed by atoms with E-state index in [-0.39, 0.29) is 0 Å². The van der Waals surface area contributed by atoms with Gasteiger partial charge in [0.25, 0.3) is 0 Å². The molecule has 5 rings (SSSR count). The summed E-state index contributed by atoms with van der Waals surface area (Å²) in [4.78, 5) is 0. The quantitative estimate of drug-likeness (QED) is 0.289. The van der Waals surface area contributed by atoms with Crippen molar-refractivity contribution in [1.82, 2.24) is 0 Å². The Labute approximate surface area is 148 Å². The van der Waals surface area contributed by atoms with Gasteiger partial charge in [-0.1, -0.05) is 96.6 Å². The van der Waals surface area contributed by atoms with Crippen molar-refractivity contribution in [3.8, 4) is 44.5 Å². The molecule has 0 N–H and O–H groups in total. The molecule has 4 aromatic rings. The van der Waals surface area contributed by atoms with Gasteiger partial charge in [-0.2, -0.15) is 0 Å². The predicted octanol–water partition coefficient (Wildman–Crippen LogP) is 6.98. The number of benzene rings is 4. The molecule has 0 aliphatic heterocycles. The fraction of sp³-hybridized carbons (Fsp3) is 0.0400. The van der Waals surface area contributed by atoms with Crippen molar-refractivity contribution in [1.29, 1.82) is 0 Å². The Bertz CT molecular complexity index is 1100. The van der Waals surface area contributed by atoms with E-state index in [0.717, 1.165) is 0 Å². The summed E-state index contributed by atoms with van der Waals surface area (Å²) in [5.74, 6) is 0. The van der Waals surface area contributed by atoms with Crippen LogP contribution in [-0.4, -0.2) is 0 Å². The van der Waals surface area contributed by atoms with Gasteiger partial charge >= 0.3 is 0 Å². The van der Waals surface area contributed by atoms with Gasteiger partial charge in [0.1, 0.15) is 0 Å². The van der Waals surface area contributed by atoms with Crippen molar-refractivity contribution in [3.63, 3.8) is 0 Å². The molecule has 0 amide bonds. The van der Waals surface area contributed by atoms with E-state index in [4.69, 9.17) is 0 Å². The molecule has 1 aliphatic carbocycles. The normalized spacial score (nSPS) is 11.4. The second-order valence-corrected chi connectivity index (χ2v) is 6.69. The lowest BCUT2D eigenvalue weighted by Gasteiger charge is -2.23. The van der Waals surface area contributed by atoms with E-state index in [0.29, 0.717) is 0 Å². The van der Waals surface area contributed by atoms with Gasteiger partial charge in [-0.25, -0.2) is 0 Å². The Kier molecular flexibility index (Phi) is 3.11. The zero-order chi connectivity index (χ0) is 16.8. The third kappa shape index (κ3) is 2.15. The van der Waals surface area contributed by atoms with Gasteiger partial charge in [-0.3, -0.25) is 0 Å². The highest BCUT2D eigenvalue weighted by Gasteiger charge is 2.20. The van der Waals surface area contributed by atoms with Gasteiger partial charge in [-0.05, 0) is 51.4 Å². The highest BCUT2D eigenvalue weighted by atomic mass is 14.2. The SMILES string of the molecule is Cc1ccc2c(c1)-c1ccccc1-c1ccccc1-c1ccccc1-2. The first kappa shape index (κ1) is 14.2. The molecule has 0 atom stereocenters. The molecular weight excluding hydrogens is 300 g/mol. The molecule has 0 unspecified atom stereocenters. The maximum Gasteiger partial charge on any atom is -0.00963 e. The molecule has 0 spiro atoms. The van der Waals surface area contributed by atoms with Crippen LogP contribution in [0.3, 0.4) is 0 Å². The van der Waals surface area contributed by atoms with E-state index in [1.54, 1.807) is 0 Å². The van der Waals surface area contributed by atoms with Crippen LogP contribution in [0, 0.1) is 6.92 Å². The molecule has 4 aromatic carbocycles. The fourth-order valence-electron chi connectivity index (χ4n) is 3.97. The van der Waals surface area contributed by atoms with Gasteiger partial charge in [0, 0.05) is 0 Å². The summed E-state index contributed by atoms with van der Waals surface area (Å²) >= 11 is 0. The molecule has 0 bridgehead atoms. The summed E-state index contributed by atoms with van der Waals surface area (Å²) in [7, 11) is 0. The number of hydrogen-bond acceptors (Lipinski definition) is 0. The molecule has 25 heavy (non-hydrogen) atoms. The Morgan fingerprint density at radius 1 is 0.360 bits per heavy atom. The summed E-state index contributed by atoms with van der Waals surface area (Å²) in [6.45, 7) is 2.17. The highest BCUT2D eigenvalue weighted by molar-refractivity contribution is 6.02. The molecule has 0 saturated carbocycles. The van der Waals surface area contributed by atoms with E-state index >= 15 is 0 Å². The monoisotopic (exact) mass is 318 g/mol. The van der Waals surface area contributed by atoms with Crippen LogP contribution in [-0.2, 0) is 0 Å². The van der Waals surface area contributed by atoms with Crippen molar-refractivity contribution >= 4 is 0 Å². The van der Waals surface area contributed by atoms with E-state index in [9.17, 15) is 0 Å². The standard InChI is InChI=1S/C25H18/c1-17-14-15-24-22-12-5-4-10-20(22)18-8-2-3-9-19(18)21-11-6-7-13-23(21)25(24)16-17/h2-16H,1H3. The topological polar surface area (TPSA) is 0 Å². The minimum Gasteiger partial charge on any atom is -0.0616 e. The largest absolute Gasteiger partial charge is 0.0616 e. The summed E-state index contributed by atoms with van der Waals surface area (Å²) in [5, 5.41) is 0. The Morgan fingerprint density at radius 3 is 1.08 bits per heavy atom. The van der Waals surface area contributed by atoms with Crippen molar-refractivity contribution < 1.29 is 0 Å². The maximum absolute atomic E-state index is 2.32. The van der Waals surface area contributed by atoms with Gasteiger partial charge in [0.15, 0.2) is 0 Å². The van der Waals surface area contributed by atoms with Gasteiger partial charge in [0.05, 0.1) is 0 Å². The Balaban J connectivity index is 2.01. The van der Waals surface area contributed by atoms with Crippen molar-refractivity contribution in [3.05, 3.63) is 96.6 Å². The van der Waals surface area contributed by atoms with Gasteiger partial charge in [-0.15, -0.1) is 0 Å². The lowest BCUT2D eigenvalue weighted by Crippen LogP contribution is -1.97. The first-order valence-corrected chi connectivity index (χ1v) is 8.72. The average Bonchev–Trinajstić information content (AvgIpc) is 2.67. The number of rotatable bonds is 0. The molecule has 0 radical (unpaired) electrons. The third-order valence-corrected chi connectivity index (χ3v) is 5.12. The van der Waals surface area contributed by atoms with Crippen LogP contribution in [0.5, 0.6) is 0 Å². The zero-order valence-electron chi connectivity index (χ0n) is 14.2. The Morgan fingerprint density at radius 2 is 0.680 bits per heavy atom. The summed E-state index contributed by atoms with van der Waals surface area (Å²) in [5.41, 5.74) is 11.7. The first-order chi connectivity index (χ1) is 12.3. The van der Waals surface area contributed by atoms with Gasteiger partial charge < -0.3 is 0 Å². The molecule has 0 heteroatoms. The average molecular weight is 318 g/mol. The summed E-state index contributed by atoms with van der Waals surface area (Å²) < 4.78 is 0. The molecule has 0 fully saturated rings. The van der Waals surface area contributed by atoms with Crippen LogP contribution in [0.1, 0.15) is 5.56 Å². The van der Waals surface area contributed by atoms with Crippen LogP contribution in [0.2, 0.25) is 0 Å². The molecular formula is C25H18. The highest BCUT2D eigenvalue weighted by Crippen LogP contribution is 2.47. The van der Waals surface area contributed by atoms with Crippen molar-refractivity contribution in [2.24, 2.45) is 0 Å². The number of aryl methyl sites for hydroxylation is 1. The van der Waals surface area contributed by atoms with Gasteiger partial charge in [0.2, 0.25) is 0 Å². The summed E-state index contributed by atoms with van der Waals surface area (Å²) in [6, 6.07) is 33.1. The summed E-state index contributed by atoms with van der Waals surface area (Å²) in [6.07, 6.45) is 0. The van der Waals surface area contributed by atoms with E-state index in [2.05, 4.69) is 97.9 Å². The minimum atomic E-state index is 1.29. The van der Waals surface area contributed by atoms with Crippen LogP contribution in [0.4, 0.5) is 0 Å². The molecule has 0 aromatic heterocycles. The van der Waals surface area contributed by atoms with Crippen LogP contribution >= 0.6 is 0 Å². The first-order valence-electron chi connectivity index (χ1n) is 8.72. The van der Waals surface area contributed by atoms with Crippen molar-refractivity contribution in [2.45, 2.75) is 6.92 Å². The molecule has 118 valence electrons. The smallest absolute Gasteiger partial charge is 0.00963 e. The van der Waals surface area contributed by atoms with Crippen molar-refractivity contribution in [2.75, 3.05) is 0 Å². The maximum atomic E-state index is 2.32. The Hall–Kier alpha value is -3.12. The second-order valence-electron chi connectivity index (χ2n) is 6.69. The third-order valence-electron chi connectivity index (χ3n) is 5.12. The number of fused-ring (bicyclic) bond motifs is 8. The van der Waals surface area contributed by atoms with Crippen LogP contribution in [0.15, 0.2) is 91.0 Å². The number of hydrogen-bond donors (Lipinski definition) is 0. The lowest BCUT2D eigenvalue weighted by atomic mass is 9.80. The van der Waals surface area contributed by atoms with Crippen LogP contribution < -0.4 is 0 Å². The fourth-order valence-corrected chi connectivity index (χ4v) is 3.97. The van der Waals surface area contributed by atoms with E-state index in [1.807, 2.05) is 0 Å². The molecule has 0 nitrogen and oxygen atoms in total. The van der Waals surface area contributed by atoms with E-state index in [1.165, 1.54) is 50.1 Å². The minimum absolute atomic E-state index is 1.29. The second kappa shape index (κ2) is 5.46. The predicted molar refractivity (Wildman–Crippen MR) is 106 cm³/mol. The van der Waals surface area contributed by atoms with Crippen LogP contribution in [0.25, 0.3) is 44.5 Å². The zero-order valence-corrected chi connectivity index (χ0v) is 14.2. The lowest BCUT2D eigenvalue weighted by molar-refractivity contribution is 1.45. The van der Waals surface area contributed by atoms with E-state index < -0.39 is 0 Å². The molecule has 1 aliphatic rings. The molecule has 0 heterocycles. The molecule has 0 saturated heterocycles.